The van der Waals surface area contributed by atoms with E-state index in [0.29, 0.717) is 25.9 Å². The van der Waals surface area contributed by atoms with Crippen LogP contribution in [0.15, 0.2) is 29.4 Å². The zero-order chi connectivity index (χ0) is 16.4. The fraction of sp³-hybridized carbons (Fsp3) is 0.600. The van der Waals surface area contributed by atoms with Crippen LogP contribution in [0.5, 0.6) is 0 Å². The van der Waals surface area contributed by atoms with Gasteiger partial charge in [-0.15, -0.1) is 0 Å². The maximum Gasteiger partial charge on any atom is 0.410 e. The van der Waals surface area contributed by atoms with Crippen LogP contribution < -0.4 is 0 Å². The second-order valence-electron chi connectivity index (χ2n) is 6.40. The first-order valence-corrected chi connectivity index (χ1v) is 8.86. The number of sulfone groups is 1. The van der Waals surface area contributed by atoms with Crippen LogP contribution in [0.3, 0.4) is 0 Å². The summed E-state index contributed by atoms with van der Waals surface area (Å²) >= 11 is 0. The van der Waals surface area contributed by atoms with Crippen LogP contribution in [-0.4, -0.2) is 48.3 Å². The number of rotatable bonds is 2. The Labute approximate surface area is 131 Å². The Hall–Kier alpha value is -1.63. The topological polar surface area (TPSA) is 76.6 Å². The molecule has 1 fully saturated rings. The molecular weight excluding hydrogens is 304 g/mol. The molecule has 0 unspecified atom stereocenters. The zero-order valence-corrected chi connectivity index (χ0v) is 14.0. The number of carbonyl (C=O) groups excluding carboxylic acids is 1. The summed E-state index contributed by atoms with van der Waals surface area (Å²) in [5.41, 5.74) is -0.546. The zero-order valence-electron chi connectivity index (χ0n) is 13.2. The third-order valence-corrected chi connectivity index (χ3v) is 5.74. The van der Waals surface area contributed by atoms with E-state index in [9.17, 15) is 13.2 Å². The van der Waals surface area contributed by atoms with Crippen molar-refractivity contribution in [2.24, 2.45) is 0 Å². The molecule has 0 saturated carbocycles. The lowest BCUT2D eigenvalue weighted by Crippen LogP contribution is -2.44. The molecule has 0 aliphatic carbocycles. The molecular formula is C15H22N2O4S. The molecule has 0 bridgehead atoms. The van der Waals surface area contributed by atoms with Gasteiger partial charge in [-0.25, -0.2) is 13.2 Å². The molecule has 0 N–H and O–H groups in total. The predicted molar refractivity (Wildman–Crippen MR) is 82.3 cm³/mol. The Bertz CT molecular complexity index is 615. The first-order valence-electron chi connectivity index (χ1n) is 7.32. The van der Waals surface area contributed by atoms with Crippen molar-refractivity contribution in [1.29, 1.82) is 0 Å². The Morgan fingerprint density at radius 3 is 2.45 bits per heavy atom. The summed E-state index contributed by atoms with van der Waals surface area (Å²) in [5.74, 6) is 0. The van der Waals surface area contributed by atoms with Gasteiger partial charge in [-0.2, -0.15) is 0 Å². The third-order valence-electron chi connectivity index (χ3n) is 3.50. The van der Waals surface area contributed by atoms with E-state index in [1.807, 2.05) is 20.8 Å². The van der Waals surface area contributed by atoms with E-state index >= 15 is 0 Å². The first-order chi connectivity index (χ1) is 10.2. The van der Waals surface area contributed by atoms with Crippen molar-refractivity contribution in [3.8, 4) is 0 Å². The van der Waals surface area contributed by atoms with Gasteiger partial charge in [0.05, 0.1) is 10.1 Å². The fourth-order valence-corrected chi connectivity index (χ4v) is 4.08. The second-order valence-corrected chi connectivity index (χ2v) is 8.63. The average molecular weight is 326 g/mol. The van der Waals surface area contributed by atoms with Crippen molar-refractivity contribution in [3.63, 3.8) is 0 Å². The number of likely N-dealkylation sites (tertiary alicyclic amines) is 1. The number of carbonyl (C=O) groups is 1. The number of hydrogen-bond acceptors (Lipinski definition) is 5. The van der Waals surface area contributed by atoms with Crippen LogP contribution in [0.1, 0.15) is 33.6 Å². The maximum absolute atomic E-state index is 12.5. The predicted octanol–water partition coefficient (Wildman–Crippen LogP) is 2.25. The lowest BCUT2D eigenvalue weighted by molar-refractivity contribution is 0.0217. The van der Waals surface area contributed by atoms with Gasteiger partial charge in [0.25, 0.3) is 0 Å². The quantitative estimate of drug-likeness (QED) is 0.833. The number of hydrogen-bond donors (Lipinski definition) is 0. The summed E-state index contributed by atoms with van der Waals surface area (Å²) in [6.45, 7) is 6.21. The van der Waals surface area contributed by atoms with Gasteiger partial charge in [-0.1, -0.05) is 0 Å². The van der Waals surface area contributed by atoms with Crippen molar-refractivity contribution >= 4 is 15.9 Å². The van der Waals surface area contributed by atoms with E-state index < -0.39 is 20.7 Å². The van der Waals surface area contributed by atoms with Crippen molar-refractivity contribution in [1.82, 2.24) is 9.88 Å². The van der Waals surface area contributed by atoms with E-state index in [-0.39, 0.29) is 11.0 Å². The van der Waals surface area contributed by atoms with Crippen LogP contribution in [-0.2, 0) is 14.6 Å². The molecule has 7 heteroatoms. The summed E-state index contributed by atoms with van der Waals surface area (Å²) in [5, 5.41) is -0.476. The van der Waals surface area contributed by atoms with Crippen molar-refractivity contribution in [2.75, 3.05) is 13.1 Å². The Morgan fingerprint density at radius 1 is 1.32 bits per heavy atom. The van der Waals surface area contributed by atoms with Gasteiger partial charge in [0.1, 0.15) is 5.60 Å². The molecule has 0 aromatic carbocycles. The average Bonchev–Trinajstić information content (AvgIpc) is 2.46. The van der Waals surface area contributed by atoms with Crippen LogP contribution in [0, 0.1) is 0 Å². The van der Waals surface area contributed by atoms with Crippen LogP contribution in [0.25, 0.3) is 0 Å². The number of pyridine rings is 1. The molecule has 0 spiro atoms. The molecule has 1 aliphatic rings. The molecule has 0 atom stereocenters. The minimum Gasteiger partial charge on any atom is -0.444 e. The fourth-order valence-electron chi connectivity index (χ4n) is 2.38. The number of piperidine rings is 1. The van der Waals surface area contributed by atoms with Gasteiger partial charge in [-0.3, -0.25) is 4.98 Å². The maximum atomic E-state index is 12.5. The summed E-state index contributed by atoms with van der Waals surface area (Å²) in [6.07, 6.45) is 3.36. The smallest absolute Gasteiger partial charge is 0.410 e. The first kappa shape index (κ1) is 16.7. The van der Waals surface area contributed by atoms with Gasteiger partial charge in [-0.05, 0) is 45.7 Å². The number of aromatic nitrogens is 1. The molecule has 0 radical (unpaired) electrons. The summed E-state index contributed by atoms with van der Waals surface area (Å²) in [6, 6.07) is 3.17. The molecule has 22 heavy (non-hydrogen) atoms. The molecule has 6 nitrogen and oxygen atoms in total. The van der Waals surface area contributed by atoms with Gasteiger partial charge in [0.15, 0.2) is 9.84 Å². The van der Waals surface area contributed by atoms with E-state index in [4.69, 9.17) is 4.74 Å². The highest BCUT2D eigenvalue weighted by Crippen LogP contribution is 2.24. The summed E-state index contributed by atoms with van der Waals surface area (Å²) < 4.78 is 30.3. The lowest BCUT2D eigenvalue weighted by Gasteiger charge is -2.33. The number of ether oxygens (including phenoxy) is 1. The standard InChI is InChI=1S/C15H22N2O4S/c1-15(2,3)21-14(18)17-9-6-12(7-10-17)22(19,20)13-5-4-8-16-11-13/h4-5,8,11-12H,6-7,9-10H2,1-3H3. The molecule has 1 aromatic rings. The number of nitrogens with zero attached hydrogens (tertiary/aromatic N) is 2. The normalized spacial score (nSPS) is 17.3. The molecule has 1 saturated heterocycles. The lowest BCUT2D eigenvalue weighted by atomic mass is 10.1. The van der Waals surface area contributed by atoms with E-state index in [2.05, 4.69) is 4.98 Å². The number of amides is 1. The highest BCUT2D eigenvalue weighted by Gasteiger charge is 2.34. The van der Waals surface area contributed by atoms with Crippen molar-refractivity contribution in [2.45, 2.75) is 49.4 Å². The van der Waals surface area contributed by atoms with E-state index in [1.54, 1.807) is 23.2 Å². The Morgan fingerprint density at radius 2 is 1.95 bits per heavy atom. The summed E-state index contributed by atoms with van der Waals surface area (Å²) in [4.78, 5) is 17.7. The van der Waals surface area contributed by atoms with Gasteiger partial charge < -0.3 is 9.64 Å². The van der Waals surface area contributed by atoms with Crippen LogP contribution in [0.4, 0.5) is 4.79 Å². The minimum atomic E-state index is -3.39. The van der Waals surface area contributed by atoms with Gasteiger partial charge in [0.2, 0.25) is 0 Å². The van der Waals surface area contributed by atoms with Gasteiger partial charge in [0, 0.05) is 25.5 Å². The van der Waals surface area contributed by atoms with Crippen molar-refractivity contribution in [3.05, 3.63) is 24.5 Å². The van der Waals surface area contributed by atoms with Gasteiger partial charge >= 0.3 is 6.09 Å². The van der Waals surface area contributed by atoms with E-state index in [1.165, 1.54) is 6.20 Å². The Kier molecular flexibility index (Phi) is 4.75. The highest BCUT2D eigenvalue weighted by molar-refractivity contribution is 7.92. The largest absolute Gasteiger partial charge is 0.444 e. The van der Waals surface area contributed by atoms with E-state index in [0.717, 1.165) is 0 Å². The molecule has 2 rings (SSSR count). The monoisotopic (exact) mass is 326 g/mol. The van der Waals surface area contributed by atoms with Crippen molar-refractivity contribution < 1.29 is 17.9 Å². The highest BCUT2D eigenvalue weighted by atomic mass is 32.2. The molecule has 122 valence electrons. The molecule has 2 heterocycles. The SMILES string of the molecule is CC(C)(C)OC(=O)N1CCC(S(=O)(=O)c2cccnc2)CC1. The molecule has 1 aromatic heterocycles. The molecule has 1 amide bonds. The molecule has 1 aliphatic heterocycles. The second kappa shape index (κ2) is 6.24. The third kappa shape index (κ3) is 3.97. The van der Waals surface area contributed by atoms with Crippen LogP contribution >= 0.6 is 0 Å². The minimum absolute atomic E-state index is 0.241. The Balaban J connectivity index is 1.99. The van der Waals surface area contributed by atoms with Crippen LogP contribution in [0.2, 0.25) is 0 Å². The summed E-state index contributed by atoms with van der Waals surface area (Å²) in [7, 11) is -3.39.